The second-order valence-corrected chi connectivity index (χ2v) is 2.60. The number of rotatable bonds is 0. The molecule has 3 nitrogen and oxygen atoms in total. The number of aliphatic imine (C=N–C) groups is 1. The van der Waals surface area contributed by atoms with Crippen LogP contribution >= 0.6 is 0 Å². The van der Waals surface area contributed by atoms with Crippen molar-refractivity contribution in [2.24, 2.45) is 4.99 Å². The van der Waals surface area contributed by atoms with Crippen LogP contribution in [0.5, 0.6) is 0 Å². The fourth-order valence-corrected chi connectivity index (χ4v) is 0.782. The van der Waals surface area contributed by atoms with Crippen LogP contribution in [0.4, 0.5) is 0 Å². The maximum Gasteiger partial charge on any atom is 0.109 e. The Kier molecular flexibility index (Phi) is 4.32. The molecule has 1 aromatic rings. The van der Waals surface area contributed by atoms with Gasteiger partial charge in [-0.1, -0.05) is 6.07 Å². The maximum atomic E-state index is 3.97. The summed E-state index contributed by atoms with van der Waals surface area (Å²) in [6, 6.07) is 5.72. The van der Waals surface area contributed by atoms with Gasteiger partial charge < -0.3 is 4.90 Å². The number of hydrogen-bond donors (Lipinski definition) is 0. The van der Waals surface area contributed by atoms with E-state index in [0.717, 1.165) is 6.67 Å². The zero-order valence-electron chi connectivity index (χ0n) is 7.67. The molecule has 1 aromatic heterocycles. The van der Waals surface area contributed by atoms with Crippen LogP contribution in [0.2, 0.25) is 0 Å². The lowest BCUT2D eigenvalue weighted by Gasteiger charge is -2.11. The molecule has 0 spiro atoms. The third-order valence-electron chi connectivity index (χ3n) is 1.40. The van der Waals surface area contributed by atoms with Crippen LogP contribution in [0.15, 0.2) is 47.9 Å². The third kappa shape index (κ3) is 4.74. The van der Waals surface area contributed by atoms with Crippen LogP contribution < -0.4 is 0 Å². The molecule has 0 aliphatic carbocycles. The molecule has 0 unspecified atom stereocenters. The predicted octanol–water partition coefficient (Wildman–Crippen LogP) is 1.56. The highest BCUT2D eigenvalue weighted by atomic mass is 15.2. The van der Waals surface area contributed by atoms with Crippen molar-refractivity contribution in [3.8, 4) is 0 Å². The number of aromatic nitrogens is 1. The van der Waals surface area contributed by atoms with Crippen LogP contribution in [-0.2, 0) is 0 Å². The minimum Gasteiger partial charge on any atom is -0.361 e. The van der Waals surface area contributed by atoms with E-state index in [0.29, 0.717) is 0 Å². The summed E-state index contributed by atoms with van der Waals surface area (Å²) in [6.45, 7) is 0.802. The summed E-state index contributed by atoms with van der Waals surface area (Å²) in [5.74, 6) is 0. The molecule has 0 saturated carbocycles. The van der Waals surface area contributed by atoms with Gasteiger partial charge in [-0.05, 0) is 18.2 Å². The first-order chi connectivity index (χ1) is 6.39. The lowest BCUT2D eigenvalue weighted by molar-refractivity contribution is 0.470. The zero-order valence-corrected chi connectivity index (χ0v) is 7.67. The highest BCUT2D eigenvalue weighted by molar-refractivity contribution is 5.71. The minimum atomic E-state index is 0.802. The molecule has 0 atom stereocenters. The average molecular weight is 175 g/mol. The molecule has 13 heavy (non-hydrogen) atoms. The quantitative estimate of drug-likeness (QED) is 0.598. The summed E-state index contributed by atoms with van der Waals surface area (Å²) < 4.78 is 0. The number of nitrogens with zero attached hydrogens (tertiary/aromatic N) is 3. The first-order valence-corrected chi connectivity index (χ1v) is 4.11. The smallest absolute Gasteiger partial charge is 0.109 e. The molecule has 3 heteroatoms. The Morgan fingerprint density at radius 3 is 2.15 bits per heavy atom. The van der Waals surface area contributed by atoms with Gasteiger partial charge in [0.25, 0.3) is 0 Å². The molecule has 1 aliphatic heterocycles. The van der Waals surface area contributed by atoms with E-state index in [1.54, 1.807) is 18.6 Å². The predicted molar refractivity (Wildman–Crippen MR) is 54.5 cm³/mol. The summed E-state index contributed by atoms with van der Waals surface area (Å²) in [4.78, 5) is 9.77. The van der Waals surface area contributed by atoms with Crippen LogP contribution in [0.1, 0.15) is 0 Å². The molecule has 0 aromatic carbocycles. The molecule has 68 valence electrons. The molecule has 0 fully saturated rings. The lowest BCUT2D eigenvalue weighted by atomic mass is 10.5. The van der Waals surface area contributed by atoms with Gasteiger partial charge in [0.05, 0.1) is 0 Å². The Balaban J connectivity index is 0.000000132. The molecule has 0 bridgehead atoms. The van der Waals surface area contributed by atoms with Gasteiger partial charge in [0.1, 0.15) is 6.67 Å². The van der Waals surface area contributed by atoms with Gasteiger partial charge in [0.15, 0.2) is 0 Å². The normalized spacial score (nSPS) is 13.5. The van der Waals surface area contributed by atoms with Gasteiger partial charge in [-0.15, -0.1) is 0 Å². The first kappa shape index (κ1) is 9.45. The van der Waals surface area contributed by atoms with Crippen LogP contribution in [0, 0.1) is 0 Å². The number of hydrogen-bond acceptors (Lipinski definition) is 3. The Morgan fingerprint density at radius 2 is 1.92 bits per heavy atom. The van der Waals surface area contributed by atoms with E-state index >= 15 is 0 Å². The molecular formula is C10H13N3. The fraction of sp³-hybridized carbons (Fsp3) is 0.200. The molecule has 0 saturated heterocycles. The maximum absolute atomic E-state index is 3.97. The summed E-state index contributed by atoms with van der Waals surface area (Å²) in [5, 5.41) is 0. The van der Waals surface area contributed by atoms with Crippen molar-refractivity contribution in [1.29, 1.82) is 0 Å². The summed E-state index contributed by atoms with van der Waals surface area (Å²) in [7, 11) is 1.99. The van der Waals surface area contributed by atoms with E-state index in [-0.39, 0.29) is 0 Å². The number of allylic oxidation sites excluding steroid dienone is 1. The Labute approximate surface area is 78.4 Å². The molecule has 0 amide bonds. The standard InChI is InChI=1S/C5H8N2.C5H5N/c1-7-4-2-3-6-5-7;1-2-4-6-5-3-1/h2-4H,5H2,1H3;1-5H. The van der Waals surface area contributed by atoms with E-state index in [1.807, 2.05) is 42.4 Å². The van der Waals surface area contributed by atoms with Gasteiger partial charge in [0, 0.05) is 31.9 Å². The zero-order chi connectivity index (χ0) is 9.36. The van der Waals surface area contributed by atoms with Crippen molar-refractivity contribution in [2.45, 2.75) is 0 Å². The Hall–Kier alpha value is -1.64. The largest absolute Gasteiger partial charge is 0.361 e. The lowest BCUT2D eigenvalue weighted by Crippen LogP contribution is -2.12. The van der Waals surface area contributed by atoms with Crippen LogP contribution in [-0.4, -0.2) is 29.8 Å². The van der Waals surface area contributed by atoms with E-state index < -0.39 is 0 Å². The van der Waals surface area contributed by atoms with Crippen molar-refractivity contribution < 1.29 is 0 Å². The second kappa shape index (κ2) is 5.94. The van der Waals surface area contributed by atoms with E-state index in [1.165, 1.54) is 0 Å². The second-order valence-electron chi connectivity index (χ2n) is 2.60. The third-order valence-corrected chi connectivity index (χ3v) is 1.40. The van der Waals surface area contributed by atoms with Gasteiger partial charge in [-0.25, -0.2) is 0 Å². The van der Waals surface area contributed by atoms with Crippen LogP contribution in [0.25, 0.3) is 0 Å². The molecule has 2 heterocycles. The van der Waals surface area contributed by atoms with Gasteiger partial charge in [-0.3, -0.25) is 9.98 Å². The van der Waals surface area contributed by atoms with Crippen molar-refractivity contribution >= 4 is 6.21 Å². The Bertz CT molecular complexity index is 240. The monoisotopic (exact) mass is 175 g/mol. The minimum absolute atomic E-state index is 0.802. The molecule has 2 rings (SSSR count). The molecular weight excluding hydrogens is 162 g/mol. The summed E-state index contributed by atoms with van der Waals surface area (Å²) in [5.41, 5.74) is 0. The molecule has 0 radical (unpaired) electrons. The van der Waals surface area contributed by atoms with Crippen molar-refractivity contribution in [3.63, 3.8) is 0 Å². The topological polar surface area (TPSA) is 28.5 Å². The van der Waals surface area contributed by atoms with Crippen molar-refractivity contribution in [3.05, 3.63) is 42.9 Å². The van der Waals surface area contributed by atoms with E-state index in [2.05, 4.69) is 9.98 Å². The van der Waals surface area contributed by atoms with E-state index in [9.17, 15) is 0 Å². The SMILES string of the molecule is CN1C=CC=NC1.c1ccncc1. The van der Waals surface area contributed by atoms with Crippen molar-refractivity contribution in [1.82, 2.24) is 9.88 Å². The van der Waals surface area contributed by atoms with Gasteiger partial charge in [0.2, 0.25) is 0 Å². The van der Waals surface area contributed by atoms with Crippen molar-refractivity contribution in [2.75, 3.05) is 13.7 Å². The molecule has 1 aliphatic rings. The summed E-state index contributed by atoms with van der Waals surface area (Å²) >= 11 is 0. The summed E-state index contributed by atoms with van der Waals surface area (Å²) in [6.07, 6.45) is 9.22. The van der Waals surface area contributed by atoms with Gasteiger partial charge in [-0.2, -0.15) is 0 Å². The average Bonchev–Trinajstić information content (AvgIpc) is 2.22. The first-order valence-electron chi connectivity index (χ1n) is 4.11. The number of pyridine rings is 1. The highest BCUT2D eigenvalue weighted by Gasteiger charge is 1.86. The highest BCUT2D eigenvalue weighted by Crippen LogP contribution is 1.87. The van der Waals surface area contributed by atoms with Gasteiger partial charge >= 0.3 is 0 Å². The van der Waals surface area contributed by atoms with Crippen LogP contribution in [0.3, 0.4) is 0 Å². The Morgan fingerprint density at radius 1 is 1.15 bits per heavy atom. The van der Waals surface area contributed by atoms with E-state index in [4.69, 9.17) is 0 Å². The fourth-order valence-electron chi connectivity index (χ4n) is 0.782. The molecule has 0 N–H and O–H groups in total.